The van der Waals surface area contributed by atoms with E-state index in [9.17, 15) is 13.2 Å². The van der Waals surface area contributed by atoms with Crippen LogP contribution >= 0.6 is 0 Å². The second-order valence-electron chi connectivity index (χ2n) is 3.10. The fraction of sp³-hybridized carbons (Fsp3) is 0.444. The van der Waals surface area contributed by atoms with Gasteiger partial charge in [-0.1, -0.05) is 0 Å². The van der Waals surface area contributed by atoms with Gasteiger partial charge in [0.25, 0.3) is 0 Å². The Morgan fingerprint density at radius 1 is 1.38 bits per heavy atom. The standard InChI is InChI=1S/C9H9F3N4/c1-16(6-2-5-13)8-4-3-7(14-15-8)9(10,11)12/h3-4H,2,6H2,1H3. The maximum atomic E-state index is 12.2. The van der Waals surface area contributed by atoms with Gasteiger partial charge in [0, 0.05) is 13.6 Å². The van der Waals surface area contributed by atoms with Gasteiger partial charge in [-0.15, -0.1) is 10.2 Å². The van der Waals surface area contributed by atoms with Crippen LogP contribution in [0, 0.1) is 11.3 Å². The van der Waals surface area contributed by atoms with Crippen molar-refractivity contribution in [1.82, 2.24) is 10.2 Å². The van der Waals surface area contributed by atoms with Crippen LogP contribution in [0.4, 0.5) is 19.0 Å². The molecule has 0 saturated carbocycles. The molecule has 0 radical (unpaired) electrons. The summed E-state index contributed by atoms with van der Waals surface area (Å²) in [6, 6.07) is 4.03. The number of alkyl halides is 3. The summed E-state index contributed by atoms with van der Waals surface area (Å²) in [6.07, 6.45) is -4.20. The normalized spacial score (nSPS) is 10.9. The van der Waals surface area contributed by atoms with Crippen molar-refractivity contribution < 1.29 is 13.2 Å². The first-order chi connectivity index (χ1) is 7.45. The monoisotopic (exact) mass is 230 g/mol. The third-order valence-electron chi connectivity index (χ3n) is 1.89. The third-order valence-corrected chi connectivity index (χ3v) is 1.89. The van der Waals surface area contributed by atoms with Crippen molar-refractivity contribution in [2.24, 2.45) is 0 Å². The summed E-state index contributed by atoms with van der Waals surface area (Å²) in [6.45, 7) is 0.399. The molecule has 0 aromatic carbocycles. The quantitative estimate of drug-likeness (QED) is 0.795. The van der Waals surface area contributed by atoms with Gasteiger partial charge in [-0.2, -0.15) is 18.4 Å². The smallest absolute Gasteiger partial charge is 0.357 e. The van der Waals surface area contributed by atoms with Crippen LogP contribution in [0.3, 0.4) is 0 Å². The molecular formula is C9H9F3N4. The molecule has 0 aliphatic carbocycles. The molecule has 0 N–H and O–H groups in total. The number of hydrogen-bond donors (Lipinski definition) is 0. The summed E-state index contributed by atoms with van der Waals surface area (Å²) in [5.74, 6) is 0.309. The minimum Gasteiger partial charge on any atom is -0.357 e. The topological polar surface area (TPSA) is 52.8 Å². The minimum absolute atomic E-state index is 0.277. The molecule has 0 atom stereocenters. The van der Waals surface area contributed by atoms with Gasteiger partial charge in [-0.05, 0) is 12.1 Å². The summed E-state index contributed by atoms with van der Waals surface area (Å²) in [4.78, 5) is 1.57. The number of aromatic nitrogens is 2. The Bertz CT molecular complexity index is 379. The molecule has 0 fully saturated rings. The fourth-order valence-electron chi connectivity index (χ4n) is 1.01. The first kappa shape index (κ1) is 12.2. The number of rotatable bonds is 3. The van der Waals surface area contributed by atoms with E-state index in [0.717, 1.165) is 6.07 Å². The summed E-state index contributed by atoms with van der Waals surface area (Å²) in [7, 11) is 1.63. The van der Waals surface area contributed by atoms with Crippen LogP contribution in [0.5, 0.6) is 0 Å². The zero-order valence-corrected chi connectivity index (χ0v) is 8.49. The van der Waals surface area contributed by atoms with Crippen LogP contribution in [0.2, 0.25) is 0 Å². The van der Waals surface area contributed by atoms with Crippen LogP contribution < -0.4 is 4.90 Å². The van der Waals surface area contributed by atoms with Crippen LogP contribution in [-0.2, 0) is 6.18 Å². The number of nitriles is 1. The van der Waals surface area contributed by atoms with E-state index < -0.39 is 11.9 Å². The van der Waals surface area contributed by atoms with Crippen molar-refractivity contribution in [3.05, 3.63) is 17.8 Å². The van der Waals surface area contributed by atoms with Crippen molar-refractivity contribution in [2.45, 2.75) is 12.6 Å². The maximum absolute atomic E-state index is 12.2. The molecule has 0 spiro atoms. The average Bonchev–Trinajstić information content (AvgIpc) is 2.25. The largest absolute Gasteiger partial charge is 0.435 e. The molecule has 0 aliphatic heterocycles. The Balaban J connectivity index is 2.76. The van der Waals surface area contributed by atoms with Crippen LogP contribution in [0.15, 0.2) is 12.1 Å². The van der Waals surface area contributed by atoms with E-state index in [-0.39, 0.29) is 6.42 Å². The summed E-state index contributed by atoms with van der Waals surface area (Å²) >= 11 is 0. The van der Waals surface area contributed by atoms with Crippen molar-refractivity contribution in [3.63, 3.8) is 0 Å². The van der Waals surface area contributed by atoms with Gasteiger partial charge in [0.2, 0.25) is 0 Å². The Morgan fingerprint density at radius 2 is 2.06 bits per heavy atom. The van der Waals surface area contributed by atoms with Gasteiger partial charge >= 0.3 is 6.18 Å². The predicted molar refractivity (Wildman–Crippen MR) is 50.5 cm³/mol. The van der Waals surface area contributed by atoms with Gasteiger partial charge in [0.1, 0.15) is 0 Å². The molecule has 1 aromatic heterocycles. The highest BCUT2D eigenvalue weighted by Crippen LogP contribution is 2.27. The summed E-state index contributed by atoms with van der Waals surface area (Å²) in [5, 5.41) is 14.9. The van der Waals surface area contributed by atoms with Crippen molar-refractivity contribution in [3.8, 4) is 6.07 Å². The van der Waals surface area contributed by atoms with Gasteiger partial charge < -0.3 is 4.90 Å². The molecule has 7 heteroatoms. The van der Waals surface area contributed by atoms with Gasteiger partial charge in [-0.3, -0.25) is 0 Å². The van der Waals surface area contributed by atoms with Crippen molar-refractivity contribution in [2.75, 3.05) is 18.5 Å². The predicted octanol–water partition coefficient (Wildman–Crippen LogP) is 1.85. The second-order valence-corrected chi connectivity index (χ2v) is 3.10. The molecule has 86 valence electrons. The third kappa shape index (κ3) is 3.08. The van der Waals surface area contributed by atoms with E-state index in [2.05, 4.69) is 10.2 Å². The number of halogens is 3. The second kappa shape index (κ2) is 4.79. The SMILES string of the molecule is CN(CCC#N)c1ccc(C(F)(F)F)nn1. The molecule has 16 heavy (non-hydrogen) atoms. The highest BCUT2D eigenvalue weighted by molar-refractivity contribution is 5.36. The van der Waals surface area contributed by atoms with E-state index in [1.807, 2.05) is 6.07 Å². The number of anilines is 1. The zero-order chi connectivity index (χ0) is 12.2. The molecule has 4 nitrogen and oxygen atoms in total. The average molecular weight is 230 g/mol. The lowest BCUT2D eigenvalue weighted by atomic mass is 10.3. The molecular weight excluding hydrogens is 221 g/mol. The lowest BCUT2D eigenvalue weighted by Gasteiger charge is -2.15. The van der Waals surface area contributed by atoms with E-state index in [0.29, 0.717) is 12.4 Å². The lowest BCUT2D eigenvalue weighted by molar-refractivity contribution is -0.141. The van der Waals surface area contributed by atoms with E-state index >= 15 is 0 Å². The van der Waals surface area contributed by atoms with Crippen LogP contribution in [0.1, 0.15) is 12.1 Å². The summed E-state index contributed by atoms with van der Waals surface area (Å²) < 4.78 is 36.5. The Morgan fingerprint density at radius 3 is 2.50 bits per heavy atom. The van der Waals surface area contributed by atoms with Crippen molar-refractivity contribution >= 4 is 5.82 Å². The lowest BCUT2D eigenvalue weighted by Crippen LogP contribution is -2.20. The van der Waals surface area contributed by atoms with E-state index in [4.69, 9.17) is 5.26 Å². The van der Waals surface area contributed by atoms with Crippen LogP contribution in [0.25, 0.3) is 0 Å². The van der Waals surface area contributed by atoms with E-state index in [1.54, 1.807) is 11.9 Å². The highest BCUT2D eigenvalue weighted by atomic mass is 19.4. The zero-order valence-electron chi connectivity index (χ0n) is 8.49. The van der Waals surface area contributed by atoms with Gasteiger partial charge in [-0.25, -0.2) is 0 Å². The van der Waals surface area contributed by atoms with Gasteiger partial charge in [0.05, 0.1) is 12.5 Å². The minimum atomic E-state index is -4.48. The molecule has 0 aliphatic rings. The molecule has 1 heterocycles. The maximum Gasteiger partial charge on any atom is 0.435 e. The Kier molecular flexibility index (Phi) is 3.66. The molecule has 0 unspecified atom stereocenters. The first-order valence-corrected chi connectivity index (χ1v) is 4.44. The summed E-state index contributed by atoms with van der Waals surface area (Å²) in [5.41, 5.74) is -1.02. The number of hydrogen-bond acceptors (Lipinski definition) is 4. The first-order valence-electron chi connectivity index (χ1n) is 4.44. The fourth-order valence-corrected chi connectivity index (χ4v) is 1.01. The molecule has 0 amide bonds. The molecule has 0 bridgehead atoms. The van der Waals surface area contributed by atoms with Crippen LogP contribution in [-0.4, -0.2) is 23.8 Å². The number of nitrogens with zero attached hydrogens (tertiary/aromatic N) is 4. The Labute approximate surface area is 90.3 Å². The molecule has 1 rings (SSSR count). The molecule has 0 saturated heterocycles. The highest BCUT2D eigenvalue weighted by Gasteiger charge is 2.32. The van der Waals surface area contributed by atoms with Crippen molar-refractivity contribution in [1.29, 1.82) is 5.26 Å². The molecule has 1 aromatic rings. The van der Waals surface area contributed by atoms with E-state index in [1.165, 1.54) is 6.07 Å². The van der Waals surface area contributed by atoms with Gasteiger partial charge in [0.15, 0.2) is 11.5 Å². The Hall–Kier alpha value is -1.84.